The van der Waals surface area contributed by atoms with Crippen LogP contribution in [0, 0.1) is 6.92 Å². The van der Waals surface area contributed by atoms with Gasteiger partial charge in [0.05, 0.1) is 6.54 Å². The maximum Gasteiger partial charge on any atom is 0.387 e. The fourth-order valence-electron chi connectivity index (χ4n) is 2.27. The van der Waals surface area contributed by atoms with Crippen LogP contribution in [0.2, 0.25) is 0 Å². The number of ether oxygens (including phenoxy) is 1. The number of hydrogen-bond acceptors (Lipinski definition) is 2. The van der Waals surface area contributed by atoms with E-state index >= 15 is 0 Å². The maximum absolute atomic E-state index is 12.5. The minimum Gasteiger partial charge on any atom is -0.434 e. The summed E-state index contributed by atoms with van der Waals surface area (Å²) < 4.78 is 29.4. The number of alkyl halides is 2. The summed E-state index contributed by atoms with van der Waals surface area (Å²) in [6.45, 7) is 1.22. The van der Waals surface area contributed by atoms with Gasteiger partial charge in [0.1, 0.15) is 5.75 Å². The number of aliphatic imine (C=N–C) groups is 1. The zero-order valence-electron chi connectivity index (χ0n) is 14.1. The number of nitrogens with two attached hydrogens (primary N) is 1. The van der Waals surface area contributed by atoms with Gasteiger partial charge in [0.15, 0.2) is 5.96 Å². The van der Waals surface area contributed by atoms with E-state index in [-0.39, 0.29) is 42.2 Å². The quantitative estimate of drug-likeness (QED) is 0.373. The largest absolute Gasteiger partial charge is 0.434 e. The van der Waals surface area contributed by atoms with Crippen molar-refractivity contribution >= 4 is 35.6 Å². The minimum absolute atomic E-state index is 0. The highest BCUT2D eigenvalue weighted by molar-refractivity contribution is 14.0. The first kappa shape index (κ1) is 21.1. The van der Waals surface area contributed by atoms with E-state index in [1.54, 1.807) is 12.1 Å². The lowest BCUT2D eigenvalue weighted by Crippen LogP contribution is -2.22. The number of aryl methyl sites for hydroxylation is 2. The van der Waals surface area contributed by atoms with Crippen molar-refractivity contribution in [3.05, 3.63) is 59.2 Å². The Morgan fingerprint density at radius 1 is 1.24 bits per heavy atom. The minimum atomic E-state index is -2.87. The molecule has 0 aliphatic rings. The van der Waals surface area contributed by atoms with Gasteiger partial charge in [0.25, 0.3) is 0 Å². The Morgan fingerprint density at radius 2 is 2.00 bits per heavy atom. The van der Waals surface area contributed by atoms with Crippen LogP contribution in [0.15, 0.2) is 47.5 Å². The Bertz CT molecular complexity index is 723. The lowest BCUT2D eigenvalue weighted by Gasteiger charge is -2.11. The van der Waals surface area contributed by atoms with Gasteiger partial charge >= 0.3 is 6.61 Å². The number of rotatable bonds is 6. The van der Waals surface area contributed by atoms with Gasteiger partial charge in [-0.05, 0) is 37.1 Å². The van der Waals surface area contributed by atoms with Crippen LogP contribution in [0.3, 0.4) is 0 Å². The molecule has 0 heterocycles. The molecule has 2 aromatic carbocycles. The highest BCUT2D eigenvalue weighted by Gasteiger charge is 2.09. The van der Waals surface area contributed by atoms with Crippen molar-refractivity contribution in [1.29, 1.82) is 0 Å². The standard InChI is InChI=1S/C18H21F2N3O.HI/c1-3-13-5-4-6-15(10-13)23-18(21)22-11-14-9-12(2)7-8-16(14)24-17(19)20;/h4-10,17H,3,11H2,1-2H3,(H3,21,22,23);1H. The molecule has 0 fully saturated rings. The van der Waals surface area contributed by atoms with Crippen LogP contribution in [0.4, 0.5) is 14.5 Å². The molecular weight excluding hydrogens is 439 g/mol. The summed E-state index contributed by atoms with van der Waals surface area (Å²) in [4.78, 5) is 4.21. The molecule has 0 unspecified atom stereocenters. The van der Waals surface area contributed by atoms with Gasteiger partial charge in [0, 0.05) is 11.3 Å². The lowest BCUT2D eigenvalue weighted by molar-refractivity contribution is -0.0504. The maximum atomic E-state index is 12.5. The average molecular weight is 461 g/mol. The fraction of sp³-hybridized carbons (Fsp3) is 0.278. The van der Waals surface area contributed by atoms with Gasteiger partial charge in [-0.15, -0.1) is 24.0 Å². The van der Waals surface area contributed by atoms with Gasteiger partial charge in [-0.1, -0.05) is 36.8 Å². The molecule has 0 saturated heterocycles. The molecular formula is C18H22F2IN3O. The van der Waals surface area contributed by atoms with E-state index < -0.39 is 6.61 Å². The fourth-order valence-corrected chi connectivity index (χ4v) is 2.27. The van der Waals surface area contributed by atoms with Crippen LogP contribution >= 0.6 is 24.0 Å². The van der Waals surface area contributed by atoms with Crippen molar-refractivity contribution in [2.75, 3.05) is 5.32 Å². The van der Waals surface area contributed by atoms with E-state index in [4.69, 9.17) is 5.73 Å². The summed E-state index contributed by atoms with van der Waals surface area (Å²) in [5.41, 5.74) is 9.39. The Balaban J connectivity index is 0.00000312. The molecule has 0 spiro atoms. The smallest absolute Gasteiger partial charge is 0.387 e. The molecule has 4 nitrogen and oxygen atoms in total. The van der Waals surface area contributed by atoms with Crippen LogP contribution in [-0.2, 0) is 13.0 Å². The monoisotopic (exact) mass is 461 g/mol. The molecule has 0 bridgehead atoms. The van der Waals surface area contributed by atoms with Crippen molar-refractivity contribution < 1.29 is 13.5 Å². The van der Waals surface area contributed by atoms with Crippen LogP contribution < -0.4 is 15.8 Å². The SMILES string of the molecule is CCc1cccc(NC(N)=NCc2cc(C)ccc2OC(F)F)c1.I. The first-order valence-corrected chi connectivity index (χ1v) is 7.68. The molecule has 0 saturated carbocycles. The van der Waals surface area contributed by atoms with Crippen LogP contribution in [0.1, 0.15) is 23.6 Å². The summed E-state index contributed by atoms with van der Waals surface area (Å²) in [5, 5.41) is 3.00. The normalized spacial score (nSPS) is 11.2. The van der Waals surface area contributed by atoms with E-state index in [1.165, 1.54) is 11.6 Å². The van der Waals surface area contributed by atoms with E-state index in [0.717, 1.165) is 17.7 Å². The second kappa shape index (κ2) is 10.2. The molecule has 2 rings (SSSR count). The number of hydrogen-bond donors (Lipinski definition) is 2. The summed E-state index contributed by atoms with van der Waals surface area (Å²) in [5.74, 6) is 0.327. The van der Waals surface area contributed by atoms with Crippen LogP contribution in [0.5, 0.6) is 5.75 Å². The second-order valence-electron chi connectivity index (χ2n) is 5.37. The lowest BCUT2D eigenvalue weighted by atomic mass is 10.1. The topological polar surface area (TPSA) is 59.6 Å². The van der Waals surface area contributed by atoms with E-state index in [0.29, 0.717) is 5.56 Å². The van der Waals surface area contributed by atoms with Gasteiger partial charge < -0.3 is 15.8 Å². The first-order valence-electron chi connectivity index (χ1n) is 7.68. The molecule has 0 radical (unpaired) electrons. The molecule has 0 aromatic heterocycles. The van der Waals surface area contributed by atoms with Crippen LogP contribution in [0.25, 0.3) is 0 Å². The van der Waals surface area contributed by atoms with E-state index in [1.807, 2.05) is 31.2 Å². The third-order valence-corrected chi connectivity index (χ3v) is 3.46. The van der Waals surface area contributed by atoms with Crippen molar-refractivity contribution in [3.8, 4) is 5.75 Å². The predicted molar refractivity (Wildman–Crippen MR) is 108 cm³/mol. The number of benzene rings is 2. The Labute approximate surface area is 163 Å². The summed E-state index contributed by atoms with van der Waals surface area (Å²) >= 11 is 0. The van der Waals surface area contributed by atoms with Gasteiger partial charge in [-0.25, -0.2) is 4.99 Å². The zero-order valence-corrected chi connectivity index (χ0v) is 16.5. The molecule has 25 heavy (non-hydrogen) atoms. The molecule has 136 valence electrons. The molecule has 0 atom stereocenters. The Hall–Kier alpha value is -1.90. The molecule has 7 heteroatoms. The molecule has 2 aromatic rings. The first-order chi connectivity index (χ1) is 11.5. The summed E-state index contributed by atoms with van der Waals surface area (Å²) in [7, 11) is 0. The average Bonchev–Trinajstić information content (AvgIpc) is 2.55. The molecule has 0 aliphatic heterocycles. The third-order valence-electron chi connectivity index (χ3n) is 3.46. The highest BCUT2D eigenvalue weighted by Crippen LogP contribution is 2.23. The predicted octanol–water partition coefficient (Wildman–Crippen LogP) is 4.70. The number of guanidine groups is 1. The number of halogens is 3. The van der Waals surface area contributed by atoms with Crippen molar-refractivity contribution in [2.24, 2.45) is 10.7 Å². The van der Waals surface area contributed by atoms with E-state index in [2.05, 4.69) is 22.0 Å². The second-order valence-corrected chi connectivity index (χ2v) is 5.37. The van der Waals surface area contributed by atoms with Crippen molar-refractivity contribution in [3.63, 3.8) is 0 Å². The van der Waals surface area contributed by atoms with E-state index in [9.17, 15) is 8.78 Å². The van der Waals surface area contributed by atoms with Gasteiger partial charge in [0.2, 0.25) is 0 Å². The van der Waals surface area contributed by atoms with Gasteiger partial charge in [-0.2, -0.15) is 8.78 Å². The molecule has 0 amide bonds. The molecule has 0 aliphatic carbocycles. The number of nitrogens with one attached hydrogen (secondary N) is 1. The number of anilines is 1. The van der Waals surface area contributed by atoms with Crippen LogP contribution in [-0.4, -0.2) is 12.6 Å². The Morgan fingerprint density at radius 3 is 2.68 bits per heavy atom. The third kappa shape index (κ3) is 6.85. The summed E-state index contributed by atoms with van der Waals surface area (Å²) in [6.07, 6.45) is 0.921. The zero-order chi connectivity index (χ0) is 17.5. The Kier molecular flexibility index (Phi) is 8.60. The summed E-state index contributed by atoms with van der Waals surface area (Å²) in [6, 6.07) is 12.8. The van der Waals surface area contributed by atoms with Crippen molar-refractivity contribution in [1.82, 2.24) is 0 Å². The van der Waals surface area contributed by atoms with Crippen molar-refractivity contribution in [2.45, 2.75) is 33.4 Å². The molecule has 3 N–H and O–H groups in total. The number of nitrogens with zero attached hydrogens (tertiary/aromatic N) is 1. The highest BCUT2D eigenvalue weighted by atomic mass is 127. The van der Waals surface area contributed by atoms with Gasteiger partial charge in [-0.3, -0.25) is 0 Å².